The number of hydrogen-bond acceptors (Lipinski definition) is 5. The maximum Gasteiger partial charge on any atom is 0.461 e. The predicted molar refractivity (Wildman–Crippen MR) is 145 cm³/mol. The van der Waals surface area contributed by atoms with E-state index in [1.807, 2.05) is 22.6 Å². The van der Waals surface area contributed by atoms with E-state index in [9.17, 15) is 35.5 Å². The van der Waals surface area contributed by atoms with Crippen molar-refractivity contribution >= 4 is 45.1 Å². The van der Waals surface area contributed by atoms with Crippen LogP contribution in [0, 0.1) is 3.57 Å². The Kier molecular flexibility index (Phi) is 9.06. The summed E-state index contributed by atoms with van der Waals surface area (Å²) < 4.78 is 97.3. The smallest absolute Gasteiger partial charge is 0.428 e. The first-order valence-corrected chi connectivity index (χ1v) is 13.5. The number of ether oxygens (including phenoxy) is 1. The SMILES string of the molecule is O=C(Nc1nc(C(F)(F)F)cs1)N[C@@](Cc1ccccc1)(c1cccc(OC(F)(F)C(F)F)c1)c1ccc(I)cn1. The molecule has 0 aliphatic heterocycles. The molecule has 0 saturated carbocycles. The van der Waals surface area contributed by atoms with E-state index in [0.29, 0.717) is 16.9 Å². The Morgan fingerprint density at radius 2 is 1.71 bits per heavy atom. The molecule has 0 bridgehead atoms. The highest BCUT2D eigenvalue weighted by Gasteiger charge is 2.45. The van der Waals surface area contributed by atoms with Crippen LogP contribution < -0.4 is 15.4 Å². The minimum absolute atomic E-state index is 0.0325. The lowest BCUT2D eigenvalue weighted by Gasteiger charge is -2.35. The van der Waals surface area contributed by atoms with Crippen molar-refractivity contribution in [2.45, 2.75) is 30.7 Å². The number of nitrogens with one attached hydrogen (secondary N) is 2. The molecular formula is C26H18F7IN4O2S. The molecule has 0 unspecified atom stereocenters. The molecule has 2 heterocycles. The largest absolute Gasteiger partial charge is 0.461 e. The quantitative estimate of drug-likeness (QED) is 0.138. The molecule has 2 aromatic carbocycles. The van der Waals surface area contributed by atoms with Crippen molar-refractivity contribution in [1.82, 2.24) is 15.3 Å². The number of benzene rings is 2. The first-order chi connectivity index (χ1) is 19.3. The number of nitrogens with zero attached hydrogens (tertiary/aromatic N) is 2. The Labute approximate surface area is 246 Å². The second-order valence-electron chi connectivity index (χ2n) is 8.54. The fourth-order valence-electron chi connectivity index (χ4n) is 3.86. The third-order valence-electron chi connectivity index (χ3n) is 5.65. The summed E-state index contributed by atoms with van der Waals surface area (Å²) in [7, 11) is 0. The van der Waals surface area contributed by atoms with Gasteiger partial charge in [-0.2, -0.15) is 30.7 Å². The first-order valence-electron chi connectivity index (χ1n) is 11.5. The maximum absolute atomic E-state index is 13.8. The fourth-order valence-corrected chi connectivity index (χ4v) is 4.89. The summed E-state index contributed by atoms with van der Waals surface area (Å²) in [6.07, 6.45) is -12.2. The van der Waals surface area contributed by atoms with Gasteiger partial charge in [0.1, 0.15) is 11.3 Å². The molecule has 2 aromatic heterocycles. The fraction of sp³-hybridized carbons (Fsp3) is 0.192. The van der Waals surface area contributed by atoms with Crippen molar-refractivity contribution in [2.24, 2.45) is 0 Å². The van der Waals surface area contributed by atoms with Gasteiger partial charge < -0.3 is 10.1 Å². The van der Waals surface area contributed by atoms with Gasteiger partial charge in [0.2, 0.25) is 0 Å². The number of pyridine rings is 1. The molecule has 0 fully saturated rings. The summed E-state index contributed by atoms with van der Waals surface area (Å²) in [5.41, 5.74) is -1.88. The number of alkyl halides is 7. The van der Waals surface area contributed by atoms with Crippen LogP contribution in [0.1, 0.15) is 22.5 Å². The van der Waals surface area contributed by atoms with Gasteiger partial charge in [0.05, 0.1) is 5.69 Å². The third kappa shape index (κ3) is 7.44. The molecule has 4 rings (SSSR count). The highest BCUT2D eigenvalue weighted by atomic mass is 127. The molecule has 15 heteroatoms. The summed E-state index contributed by atoms with van der Waals surface area (Å²) in [5, 5.41) is 5.37. The Balaban J connectivity index is 1.82. The summed E-state index contributed by atoms with van der Waals surface area (Å²) in [5.74, 6) is -0.618. The first kappa shape index (κ1) is 30.5. The topological polar surface area (TPSA) is 76.1 Å². The van der Waals surface area contributed by atoms with Crippen molar-refractivity contribution in [3.63, 3.8) is 0 Å². The Morgan fingerprint density at radius 1 is 0.976 bits per heavy atom. The van der Waals surface area contributed by atoms with E-state index in [2.05, 4.69) is 25.3 Å². The van der Waals surface area contributed by atoms with Gasteiger partial charge in [0.15, 0.2) is 10.8 Å². The number of anilines is 1. The summed E-state index contributed by atoms with van der Waals surface area (Å²) in [4.78, 5) is 21.1. The number of urea groups is 1. The number of rotatable bonds is 9. The van der Waals surface area contributed by atoms with Gasteiger partial charge in [0, 0.05) is 21.6 Å². The van der Waals surface area contributed by atoms with E-state index in [1.165, 1.54) is 18.3 Å². The molecule has 2 amide bonds. The molecule has 0 aliphatic rings. The average Bonchev–Trinajstić information content (AvgIpc) is 3.38. The van der Waals surface area contributed by atoms with Gasteiger partial charge in [-0.15, -0.1) is 11.3 Å². The van der Waals surface area contributed by atoms with Crippen LogP contribution in [0.3, 0.4) is 0 Å². The van der Waals surface area contributed by atoms with Gasteiger partial charge in [-0.05, 0) is 58.0 Å². The van der Waals surface area contributed by atoms with Crippen LogP contribution in [0.5, 0.6) is 5.75 Å². The van der Waals surface area contributed by atoms with Gasteiger partial charge in [-0.25, -0.2) is 9.78 Å². The lowest BCUT2D eigenvalue weighted by molar-refractivity contribution is -0.253. The van der Waals surface area contributed by atoms with Crippen LogP contribution in [-0.4, -0.2) is 28.5 Å². The molecule has 216 valence electrons. The van der Waals surface area contributed by atoms with E-state index < -0.39 is 41.7 Å². The van der Waals surface area contributed by atoms with Gasteiger partial charge >= 0.3 is 24.7 Å². The minimum Gasteiger partial charge on any atom is -0.428 e. The Hall–Kier alpha value is -3.47. The van der Waals surface area contributed by atoms with Crippen molar-refractivity contribution in [2.75, 3.05) is 5.32 Å². The number of amides is 2. The van der Waals surface area contributed by atoms with Crippen LogP contribution in [0.15, 0.2) is 78.3 Å². The number of thiazole rings is 1. The second kappa shape index (κ2) is 12.2. The zero-order chi connectivity index (χ0) is 29.8. The lowest BCUT2D eigenvalue weighted by atomic mass is 9.80. The summed E-state index contributed by atoms with van der Waals surface area (Å²) >= 11 is 2.55. The number of hydrogen-bond donors (Lipinski definition) is 2. The normalized spacial score (nSPS) is 13.5. The molecule has 0 spiro atoms. The number of halogens is 8. The predicted octanol–water partition coefficient (Wildman–Crippen LogP) is 7.71. The van der Waals surface area contributed by atoms with E-state index in [1.54, 1.807) is 42.5 Å². The summed E-state index contributed by atoms with van der Waals surface area (Å²) in [6, 6.07) is 15.7. The minimum atomic E-state index is -4.80. The van der Waals surface area contributed by atoms with Crippen LogP contribution >= 0.6 is 33.9 Å². The zero-order valence-electron chi connectivity index (χ0n) is 20.4. The van der Waals surface area contributed by atoms with E-state index in [4.69, 9.17) is 0 Å². The molecule has 41 heavy (non-hydrogen) atoms. The Bertz CT molecular complexity index is 1490. The van der Waals surface area contributed by atoms with Crippen LogP contribution in [-0.2, 0) is 18.1 Å². The van der Waals surface area contributed by atoms with Crippen LogP contribution in [0.25, 0.3) is 0 Å². The summed E-state index contributed by atoms with van der Waals surface area (Å²) in [6.45, 7) is 0. The monoisotopic (exact) mass is 710 g/mol. The number of carbonyl (C=O) groups is 1. The third-order valence-corrected chi connectivity index (χ3v) is 7.05. The highest BCUT2D eigenvalue weighted by molar-refractivity contribution is 14.1. The van der Waals surface area contributed by atoms with Crippen molar-refractivity contribution < 1.29 is 40.3 Å². The van der Waals surface area contributed by atoms with Gasteiger partial charge in [-0.1, -0.05) is 42.5 Å². The molecule has 0 aliphatic carbocycles. The molecule has 2 N–H and O–H groups in total. The van der Waals surface area contributed by atoms with Gasteiger partial charge in [-0.3, -0.25) is 10.3 Å². The van der Waals surface area contributed by atoms with Crippen LogP contribution in [0.4, 0.5) is 40.7 Å². The average molecular weight is 710 g/mol. The maximum atomic E-state index is 13.8. The molecule has 0 saturated heterocycles. The number of aromatic nitrogens is 2. The molecular weight excluding hydrogens is 692 g/mol. The molecule has 4 aromatic rings. The molecule has 0 radical (unpaired) electrons. The van der Waals surface area contributed by atoms with Gasteiger partial charge in [0.25, 0.3) is 0 Å². The van der Waals surface area contributed by atoms with Crippen molar-refractivity contribution in [3.8, 4) is 5.75 Å². The molecule has 1 atom stereocenters. The Morgan fingerprint density at radius 3 is 2.32 bits per heavy atom. The second-order valence-corrected chi connectivity index (χ2v) is 10.6. The van der Waals surface area contributed by atoms with E-state index >= 15 is 0 Å². The van der Waals surface area contributed by atoms with E-state index in [-0.39, 0.29) is 22.8 Å². The van der Waals surface area contributed by atoms with Crippen molar-refractivity contribution in [3.05, 3.63) is 104 Å². The standard InChI is InChI=1S/C26H18F7IN4O2S/c27-21(28)26(32,33)40-18-8-4-7-16(11-18)24(12-15-5-2-1-3-6-15,19-10-9-17(34)13-35-19)38-22(39)37-23-36-20(14-41-23)25(29,30)31/h1-11,13-14,21H,12H2,(H2,36,37,38,39)/t24-/m0/s1. The van der Waals surface area contributed by atoms with E-state index in [0.717, 1.165) is 21.1 Å². The van der Waals surface area contributed by atoms with Crippen LogP contribution in [0.2, 0.25) is 0 Å². The molecule has 6 nitrogen and oxygen atoms in total. The van der Waals surface area contributed by atoms with Crippen molar-refractivity contribution in [1.29, 1.82) is 0 Å². The lowest BCUT2D eigenvalue weighted by Crippen LogP contribution is -2.50. The highest BCUT2D eigenvalue weighted by Crippen LogP contribution is 2.37. The number of carbonyl (C=O) groups excluding carboxylic acids is 1. The zero-order valence-corrected chi connectivity index (χ0v) is 23.4.